The van der Waals surface area contributed by atoms with Gasteiger partial charge in [0.15, 0.2) is 0 Å². The minimum Gasteiger partial charge on any atom is -0.478 e. The SMILES string of the molecule is O=C(O)C1=CC=c2cccnc2=CC1. The molecule has 1 aromatic heterocycles. The van der Waals surface area contributed by atoms with E-state index in [1.54, 1.807) is 18.3 Å². The van der Waals surface area contributed by atoms with Crippen LogP contribution in [0, 0.1) is 0 Å². The number of carboxylic acid groups (broad SMARTS) is 1. The smallest absolute Gasteiger partial charge is 0.331 e. The zero-order chi connectivity index (χ0) is 9.97. The molecule has 14 heavy (non-hydrogen) atoms. The predicted molar refractivity (Wildman–Crippen MR) is 52.8 cm³/mol. The van der Waals surface area contributed by atoms with Crippen LogP contribution in [-0.2, 0) is 4.79 Å². The molecule has 0 aliphatic heterocycles. The van der Waals surface area contributed by atoms with E-state index in [0.29, 0.717) is 12.0 Å². The van der Waals surface area contributed by atoms with E-state index in [1.165, 1.54) is 0 Å². The molecule has 0 amide bonds. The van der Waals surface area contributed by atoms with Crippen LogP contribution in [0.3, 0.4) is 0 Å². The number of aromatic nitrogens is 1. The van der Waals surface area contributed by atoms with Gasteiger partial charge in [-0.2, -0.15) is 0 Å². The Bertz CT molecular complexity index is 514. The number of pyridine rings is 1. The number of allylic oxidation sites excluding steroid dienone is 1. The zero-order valence-electron chi connectivity index (χ0n) is 7.47. The van der Waals surface area contributed by atoms with Gasteiger partial charge in [-0.1, -0.05) is 24.3 Å². The quantitative estimate of drug-likeness (QED) is 0.676. The lowest BCUT2D eigenvalue weighted by Crippen LogP contribution is -2.26. The molecule has 70 valence electrons. The fourth-order valence-corrected chi connectivity index (χ4v) is 1.37. The highest BCUT2D eigenvalue weighted by atomic mass is 16.4. The Hall–Kier alpha value is -1.90. The Kier molecular flexibility index (Phi) is 2.14. The summed E-state index contributed by atoms with van der Waals surface area (Å²) in [5.41, 5.74) is 0.392. The van der Waals surface area contributed by atoms with E-state index in [1.807, 2.05) is 18.2 Å². The van der Waals surface area contributed by atoms with Gasteiger partial charge >= 0.3 is 5.97 Å². The minimum absolute atomic E-state index is 0.392. The van der Waals surface area contributed by atoms with E-state index < -0.39 is 5.97 Å². The first-order valence-electron chi connectivity index (χ1n) is 4.33. The molecule has 1 aromatic rings. The predicted octanol–water partition coefficient (Wildman–Crippen LogP) is 0.0573. The Morgan fingerprint density at radius 2 is 2.29 bits per heavy atom. The van der Waals surface area contributed by atoms with Gasteiger partial charge in [-0.05, 0) is 17.7 Å². The van der Waals surface area contributed by atoms with Crippen molar-refractivity contribution in [3.8, 4) is 0 Å². The average molecular weight is 187 g/mol. The molecule has 0 aromatic carbocycles. The first-order valence-corrected chi connectivity index (χ1v) is 4.33. The summed E-state index contributed by atoms with van der Waals surface area (Å²) in [6, 6.07) is 3.75. The van der Waals surface area contributed by atoms with Gasteiger partial charge in [0.25, 0.3) is 0 Å². The number of rotatable bonds is 1. The largest absolute Gasteiger partial charge is 0.478 e. The third-order valence-corrected chi connectivity index (χ3v) is 2.13. The fourth-order valence-electron chi connectivity index (χ4n) is 1.37. The van der Waals surface area contributed by atoms with Crippen LogP contribution in [0.15, 0.2) is 30.0 Å². The molecule has 1 N–H and O–H groups in total. The highest BCUT2D eigenvalue weighted by Gasteiger charge is 2.05. The lowest BCUT2D eigenvalue weighted by molar-refractivity contribution is -0.132. The van der Waals surface area contributed by atoms with Crippen molar-refractivity contribution in [2.45, 2.75) is 6.42 Å². The van der Waals surface area contributed by atoms with E-state index in [0.717, 1.165) is 10.6 Å². The summed E-state index contributed by atoms with van der Waals surface area (Å²) < 4.78 is 0. The first-order chi connectivity index (χ1) is 6.77. The maximum absolute atomic E-state index is 10.7. The number of aliphatic carboxylic acids is 1. The van der Waals surface area contributed by atoms with Crippen molar-refractivity contribution in [1.82, 2.24) is 4.98 Å². The number of carboxylic acids is 1. The van der Waals surface area contributed by atoms with Crippen LogP contribution < -0.4 is 10.6 Å². The average Bonchev–Trinajstić information content (AvgIpc) is 2.39. The number of hydrogen-bond donors (Lipinski definition) is 1. The van der Waals surface area contributed by atoms with Crippen molar-refractivity contribution < 1.29 is 9.90 Å². The van der Waals surface area contributed by atoms with Crippen molar-refractivity contribution in [2.75, 3.05) is 0 Å². The molecular weight excluding hydrogens is 178 g/mol. The fraction of sp³-hybridized carbons (Fsp3) is 0.0909. The van der Waals surface area contributed by atoms with Gasteiger partial charge in [0.1, 0.15) is 0 Å². The lowest BCUT2D eigenvalue weighted by atomic mass is 10.2. The Morgan fingerprint density at radius 1 is 1.43 bits per heavy atom. The Labute approximate surface area is 80.7 Å². The van der Waals surface area contributed by atoms with Crippen molar-refractivity contribution in [3.05, 3.63) is 40.5 Å². The summed E-state index contributed by atoms with van der Waals surface area (Å²) in [4.78, 5) is 14.9. The van der Waals surface area contributed by atoms with Crippen LogP contribution in [-0.4, -0.2) is 16.1 Å². The molecule has 0 fully saturated rings. The molecule has 1 aliphatic carbocycles. The molecule has 1 heterocycles. The molecular formula is C11H9NO2. The number of carbonyl (C=O) groups is 1. The molecule has 0 bridgehead atoms. The number of nitrogens with zero attached hydrogens (tertiary/aromatic N) is 1. The van der Waals surface area contributed by atoms with Crippen molar-refractivity contribution in [3.63, 3.8) is 0 Å². The third kappa shape index (κ3) is 1.57. The van der Waals surface area contributed by atoms with Crippen LogP contribution in [0.1, 0.15) is 6.42 Å². The molecule has 0 saturated heterocycles. The topological polar surface area (TPSA) is 50.2 Å². The zero-order valence-corrected chi connectivity index (χ0v) is 7.47. The van der Waals surface area contributed by atoms with Crippen LogP contribution in [0.25, 0.3) is 12.2 Å². The highest BCUT2D eigenvalue weighted by molar-refractivity contribution is 5.89. The van der Waals surface area contributed by atoms with Gasteiger partial charge in [0.05, 0.1) is 5.35 Å². The van der Waals surface area contributed by atoms with Crippen LogP contribution in [0.4, 0.5) is 0 Å². The molecule has 0 unspecified atom stereocenters. The van der Waals surface area contributed by atoms with E-state index in [4.69, 9.17) is 5.11 Å². The maximum Gasteiger partial charge on any atom is 0.331 e. The van der Waals surface area contributed by atoms with Crippen molar-refractivity contribution in [1.29, 1.82) is 0 Å². The van der Waals surface area contributed by atoms with Gasteiger partial charge in [-0.25, -0.2) is 4.79 Å². The molecule has 0 saturated carbocycles. The van der Waals surface area contributed by atoms with Crippen LogP contribution >= 0.6 is 0 Å². The number of hydrogen-bond acceptors (Lipinski definition) is 2. The minimum atomic E-state index is -0.870. The summed E-state index contributed by atoms with van der Waals surface area (Å²) in [5, 5.41) is 10.6. The summed E-state index contributed by atoms with van der Waals surface area (Å²) in [5.74, 6) is -0.870. The van der Waals surface area contributed by atoms with Gasteiger partial charge in [0, 0.05) is 11.8 Å². The van der Waals surface area contributed by atoms with E-state index in [2.05, 4.69) is 4.98 Å². The lowest BCUT2D eigenvalue weighted by Gasteiger charge is -1.92. The van der Waals surface area contributed by atoms with Crippen molar-refractivity contribution >= 4 is 18.1 Å². The van der Waals surface area contributed by atoms with Gasteiger partial charge in [0.2, 0.25) is 0 Å². The molecule has 0 radical (unpaired) electrons. The second kappa shape index (κ2) is 3.46. The highest BCUT2D eigenvalue weighted by Crippen LogP contribution is 2.03. The first kappa shape index (κ1) is 8.69. The van der Waals surface area contributed by atoms with Crippen molar-refractivity contribution in [2.24, 2.45) is 0 Å². The second-order valence-electron chi connectivity index (χ2n) is 3.05. The standard InChI is InChI=1S/C11H9NO2/c13-11(14)9-4-3-8-2-1-7-12-10(8)6-5-9/h1-4,6-7H,5H2,(H,13,14). The van der Waals surface area contributed by atoms with Gasteiger partial charge in [-0.3, -0.25) is 4.98 Å². The maximum atomic E-state index is 10.7. The molecule has 0 spiro atoms. The molecule has 2 rings (SSSR count). The summed E-state index contributed by atoms with van der Waals surface area (Å²) in [7, 11) is 0. The second-order valence-corrected chi connectivity index (χ2v) is 3.05. The summed E-state index contributed by atoms with van der Waals surface area (Å²) in [6.45, 7) is 0. The van der Waals surface area contributed by atoms with Gasteiger partial charge < -0.3 is 5.11 Å². The van der Waals surface area contributed by atoms with Crippen LogP contribution in [0.5, 0.6) is 0 Å². The Balaban J connectivity index is 2.57. The summed E-state index contributed by atoms with van der Waals surface area (Å²) >= 11 is 0. The van der Waals surface area contributed by atoms with Crippen LogP contribution in [0.2, 0.25) is 0 Å². The Morgan fingerprint density at radius 3 is 3.07 bits per heavy atom. The van der Waals surface area contributed by atoms with E-state index in [-0.39, 0.29) is 0 Å². The molecule has 0 atom stereocenters. The normalized spacial score (nSPS) is 14.1. The molecule has 1 aliphatic rings. The molecule has 3 heteroatoms. The monoisotopic (exact) mass is 187 g/mol. The van der Waals surface area contributed by atoms with Gasteiger partial charge in [-0.15, -0.1) is 0 Å². The molecule has 3 nitrogen and oxygen atoms in total. The van der Waals surface area contributed by atoms with E-state index >= 15 is 0 Å². The van der Waals surface area contributed by atoms with E-state index in [9.17, 15) is 4.79 Å². The number of fused-ring (bicyclic) bond motifs is 1. The third-order valence-electron chi connectivity index (χ3n) is 2.13. The summed E-state index contributed by atoms with van der Waals surface area (Å²) in [6.07, 6.45) is 7.38.